The Morgan fingerprint density at radius 3 is 2.81 bits per heavy atom. The monoisotopic (exact) mass is 285 g/mol. The van der Waals surface area contributed by atoms with E-state index in [1.54, 1.807) is 6.07 Å². The van der Waals surface area contributed by atoms with Gasteiger partial charge in [-0.2, -0.15) is 0 Å². The number of rotatable bonds is 3. The van der Waals surface area contributed by atoms with E-state index in [0.29, 0.717) is 11.0 Å². The van der Waals surface area contributed by atoms with Crippen molar-refractivity contribution in [1.82, 2.24) is 5.32 Å². The van der Waals surface area contributed by atoms with E-state index in [1.807, 2.05) is 0 Å². The number of halogens is 2. The van der Waals surface area contributed by atoms with Crippen molar-refractivity contribution in [2.24, 2.45) is 5.41 Å². The molecule has 2 rings (SSSR count). The van der Waals surface area contributed by atoms with Crippen molar-refractivity contribution in [3.8, 4) is 0 Å². The molecule has 0 heterocycles. The Kier molecular flexibility index (Phi) is 3.02. The summed E-state index contributed by atoms with van der Waals surface area (Å²) in [6, 6.07) is 4.45. The number of nitrogens with one attached hydrogen (secondary N) is 1. The average molecular weight is 286 g/mol. The average Bonchev–Trinajstić information content (AvgIpc) is 2.94. The predicted octanol–water partition coefficient (Wildman–Crippen LogP) is 3.12. The molecule has 1 fully saturated rings. The van der Waals surface area contributed by atoms with Gasteiger partial charge in [0.1, 0.15) is 5.82 Å². The van der Waals surface area contributed by atoms with E-state index in [1.165, 1.54) is 12.1 Å². The van der Waals surface area contributed by atoms with Crippen LogP contribution in [-0.2, 0) is 0 Å². The molecule has 0 bridgehead atoms. The molecule has 1 aromatic carbocycles. The molecule has 86 valence electrons. The third-order valence-electron chi connectivity index (χ3n) is 2.96. The van der Waals surface area contributed by atoms with Crippen molar-refractivity contribution in [2.75, 3.05) is 6.54 Å². The maximum Gasteiger partial charge on any atom is 0.254 e. The normalized spacial score (nSPS) is 16.9. The Morgan fingerprint density at radius 1 is 1.56 bits per heavy atom. The van der Waals surface area contributed by atoms with E-state index in [-0.39, 0.29) is 16.9 Å². The second kappa shape index (κ2) is 4.17. The van der Waals surface area contributed by atoms with Crippen LogP contribution in [0.5, 0.6) is 0 Å². The standard InChI is InChI=1S/C12H13BrFNO/c1-12(4-5-12)7-15-11(16)9-3-2-8(13)6-10(9)14/h2-3,6H,4-5,7H2,1H3,(H,15,16). The van der Waals surface area contributed by atoms with Gasteiger partial charge in [-0.1, -0.05) is 22.9 Å². The molecule has 0 unspecified atom stereocenters. The van der Waals surface area contributed by atoms with Crippen LogP contribution in [0.4, 0.5) is 4.39 Å². The molecule has 1 saturated carbocycles. The molecule has 1 aliphatic rings. The van der Waals surface area contributed by atoms with Gasteiger partial charge >= 0.3 is 0 Å². The van der Waals surface area contributed by atoms with Crippen LogP contribution < -0.4 is 5.32 Å². The first-order chi connectivity index (χ1) is 7.50. The summed E-state index contributed by atoms with van der Waals surface area (Å²) in [6.07, 6.45) is 2.27. The summed E-state index contributed by atoms with van der Waals surface area (Å²) in [6.45, 7) is 2.74. The Hall–Kier alpha value is -0.900. The predicted molar refractivity (Wildman–Crippen MR) is 63.8 cm³/mol. The molecular formula is C12H13BrFNO. The molecule has 16 heavy (non-hydrogen) atoms. The van der Waals surface area contributed by atoms with Crippen LogP contribution in [0.1, 0.15) is 30.1 Å². The molecule has 4 heteroatoms. The molecule has 1 N–H and O–H groups in total. The molecular weight excluding hydrogens is 273 g/mol. The third-order valence-corrected chi connectivity index (χ3v) is 3.45. The summed E-state index contributed by atoms with van der Waals surface area (Å²) in [5.41, 5.74) is 0.342. The van der Waals surface area contributed by atoms with E-state index in [9.17, 15) is 9.18 Å². The lowest BCUT2D eigenvalue weighted by Crippen LogP contribution is -2.29. The van der Waals surface area contributed by atoms with Crippen LogP contribution in [0.2, 0.25) is 0 Å². The summed E-state index contributed by atoms with van der Waals surface area (Å²) in [4.78, 5) is 11.7. The maximum atomic E-state index is 13.4. The first kappa shape index (κ1) is 11.6. The van der Waals surface area contributed by atoms with Crippen LogP contribution in [-0.4, -0.2) is 12.5 Å². The van der Waals surface area contributed by atoms with Crippen molar-refractivity contribution >= 4 is 21.8 Å². The number of carbonyl (C=O) groups excluding carboxylic acids is 1. The largest absolute Gasteiger partial charge is 0.351 e. The highest BCUT2D eigenvalue weighted by molar-refractivity contribution is 9.10. The summed E-state index contributed by atoms with van der Waals surface area (Å²) in [7, 11) is 0. The van der Waals surface area contributed by atoms with Crippen molar-refractivity contribution < 1.29 is 9.18 Å². The summed E-state index contributed by atoms with van der Waals surface area (Å²) >= 11 is 3.15. The van der Waals surface area contributed by atoms with E-state index in [4.69, 9.17) is 0 Å². The number of hydrogen-bond acceptors (Lipinski definition) is 1. The minimum Gasteiger partial charge on any atom is -0.351 e. The number of amides is 1. The van der Waals surface area contributed by atoms with E-state index < -0.39 is 5.82 Å². The van der Waals surface area contributed by atoms with Gasteiger partial charge in [0, 0.05) is 11.0 Å². The number of carbonyl (C=O) groups is 1. The Labute approximate surface area is 102 Å². The first-order valence-corrected chi connectivity index (χ1v) is 6.03. The van der Waals surface area contributed by atoms with Crippen LogP contribution >= 0.6 is 15.9 Å². The highest BCUT2D eigenvalue weighted by Gasteiger charge is 2.37. The topological polar surface area (TPSA) is 29.1 Å². The lowest BCUT2D eigenvalue weighted by Gasteiger charge is -2.10. The summed E-state index contributed by atoms with van der Waals surface area (Å²) in [5, 5.41) is 2.77. The molecule has 2 nitrogen and oxygen atoms in total. The van der Waals surface area contributed by atoms with Gasteiger partial charge in [-0.15, -0.1) is 0 Å². The highest BCUT2D eigenvalue weighted by atomic mass is 79.9. The zero-order chi connectivity index (χ0) is 11.8. The summed E-state index contributed by atoms with van der Waals surface area (Å²) in [5.74, 6) is -0.828. The second-order valence-corrected chi connectivity index (χ2v) is 5.53. The molecule has 1 aliphatic carbocycles. The number of benzene rings is 1. The SMILES string of the molecule is CC1(CNC(=O)c2ccc(Br)cc2F)CC1. The molecule has 0 aromatic heterocycles. The van der Waals surface area contributed by atoms with Crippen molar-refractivity contribution in [3.63, 3.8) is 0 Å². The zero-order valence-corrected chi connectivity index (χ0v) is 10.6. The quantitative estimate of drug-likeness (QED) is 0.908. The van der Waals surface area contributed by atoms with Crippen LogP contribution in [0, 0.1) is 11.2 Å². The van der Waals surface area contributed by atoms with Gasteiger partial charge in [-0.25, -0.2) is 4.39 Å². The summed E-state index contributed by atoms with van der Waals surface area (Å²) < 4.78 is 14.1. The van der Waals surface area contributed by atoms with Gasteiger partial charge in [-0.05, 0) is 36.5 Å². The molecule has 1 amide bonds. The molecule has 0 radical (unpaired) electrons. The van der Waals surface area contributed by atoms with Crippen molar-refractivity contribution in [2.45, 2.75) is 19.8 Å². The van der Waals surface area contributed by atoms with Gasteiger partial charge in [0.25, 0.3) is 5.91 Å². The first-order valence-electron chi connectivity index (χ1n) is 5.23. The van der Waals surface area contributed by atoms with E-state index >= 15 is 0 Å². The second-order valence-electron chi connectivity index (χ2n) is 4.62. The lowest BCUT2D eigenvalue weighted by atomic mass is 10.1. The fourth-order valence-electron chi connectivity index (χ4n) is 1.45. The molecule has 1 aromatic rings. The maximum absolute atomic E-state index is 13.4. The number of hydrogen-bond donors (Lipinski definition) is 1. The van der Waals surface area contributed by atoms with Gasteiger partial charge in [0.2, 0.25) is 0 Å². The fourth-order valence-corrected chi connectivity index (χ4v) is 1.79. The third kappa shape index (κ3) is 2.61. The van der Waals surface area contributed by atoms with Gasteiger partial charge in [-0.3, -0.25) is 4.79 Å². The van der Waals surface area contributed by atoms with Crippen LogP contribution in [0.15, 0.2) is 22.7 Å². The molecule has 0 atom stereocenters. The minimum atomic E-state index is -0.493. The van der Waals surface area contributed by atoms with E-state index in [0.717, 1.165) is 12.8 Å². The van der Waals surface area contributed by atoms with Crippen LogP contribution in [0.25, 0.3) is 0 Å². The molecule has 0 aliphatic heterocycles. The highest BCUT2D eigenvalue weighted by Crippen LogP contribution is 2.44. The van der Waals surface area contributed by atoms with Crippen LogP contribution in [0.3, 0.4) is 0 Å². The Bertz CT molecular complexity index is 429. The van der Waals surface area contributed by atoms with Crippen molar-refractivity contribution in [1.29, 1.82) is 0 Å². The Balaban J connectivity index is 2.02. The van der Waals surface area contributed by atoms with Gasteiger partial charge in [0.15, 0.2) is 0 Å². The van der Waals surface area contributed by atoms with E-state index in [2.05, 4.69) is 28.2 Å². The fraction of sp³-hybridized carbons (Fsp3) is 0.417. The van der Waals surface area contributed by atoms with Gasteiger partial charge in [0.05, 0.1) is 5.56 Å². The van der Waals surface area contributed by atoms with Crippen molar-refractivity contribution in [3.05, 3.63) is 34.1 Å². The smallest absolute Gasteiger partial charge is 0.254 e. The zero-order valence-electron chi connectivity index (χ0n) is 9.02. The van der Waals surface area contributed by atoms with Gasteiger partial charge < -0.3 is 5.32 Å². The minimum absolute atomic E-state index is 0.104. The molecule has 0 spiro atoms. The molecule has 0 saturated heterocycles. The Morgan fingerprint density at radius 2 is 2.25 bits per heavy atom. The lowest BCUT2D eigenvalue weighted by molar-refractivity contribution is 0.0942.